The molecular formula is C56H51N3. The first-order chi connectivity index (χ1) is 28.2. The van der Waals surface area contributed by atoms with Gasteiger partial charge in [0.1, 0.15) is 0 Å². The lowest BCUT2D eigenvalue weighted by molar-refractivity contribution is 0.590. The summed E-state index contributed by atoms with van der Waals surface area (Å²) in [4.78, 5) is 15.4. The predicted octanol–water partition coefficient (Wildman–Crippen LogP) is 14.8. The highest BCUT2D eigenvalue weighted by Crippen LogP contribution is 2.50. The molecule has 9 rings (SSSR count). The molecule has 0 radical (unpaired) electrons. The van der Waals surface area contributed by atoms with E-state index in [9.17, 15) is 0 Å². The second kappa shape index (κ2) is 14.4. The quantitative estimate of drug-likeness (QED) is 0.169. The third-order valence-corrected chi connectivity index (χ3v) is 12.0. The molecule has 7 aromatic carbocycles. The van der Waals surface area contributed by atoms with Crippen molar-refractivity contribution in [2.24, 2.45) is 0 Å². The van der Waals surface area contributed by atoms with E-state index in [4.69, 9.17) is 15.0 Å². The van der Waals surface area contributed by atoms with Crippen molar-refractivity contribution in [3.05, 3.63) is 186 Å². The SMILES string of the molecule is CC(C)(C)c1cccc(-c2cc(-c3cc(-c4ccc5c(c4)C(C)(C)c4ccccc4-5)cc(C(C)(C)C)c3)cc(-c3nc(-c4ccccc4)nc(-c4ccccc4)n3)c2)c1. The summed E-state index contributed by atoms with van der Waals surface area (Å²) < 4.78 is 0. The average molecular weight is 766 g/mol. The summed E-state index contributed by atoms with van der Waals surface area (Å²) in [6.45, 7) is 18.4. The molecule has 0 aliphatic heterocycles. The number of fused-ring (bicyclic) bond motifs is 3. The van der Waals surface area contributed by atoms with Crippen LogP contribution in [0.25, 0.3) is 78.7 Å². The number of hydrogen-bond donors (Lipinski definition) is 0. The number of benzene rings is 7. The van der Waals surface area contributed by atoms with Crippen molar-refractivity contribution >= 4 is 0 Å². The van der Waals surface area contributed by atoms with Crippen LogP contribution in [0.3, 0.4) is 0 Å². The van der Waals surface area contributed by atoms with Gasteiger partial charge in [-0.05, 0) is 108 Å². The minimum atomic E-state index is -0.0843. The van der Waals surface area contributed by atoms with Crippen molar-refractivity contribution in [2.45, 2.75) is 71.6 Å². The van der Waals surface area contributed by atoms with Crippen molar-refractivity contribution in [1.29, 1.82) is 0 Å². The normalized spacial score (nSPS) is 13.2. The molecule has 0 saturated carbocycles. The maximum Gasteiger partial charge on any atom is 0.164 e. The molecule has 290 valence electrons. The van der Waals surface area contributed by atoms with Crippen LogP contribution >= 0.6 is 0 Å². The maximum atomic E-state index is 5.19. The fourth-order valence-corrected chi connectivity index (χ4v) is 8.47. The van der Waals surface area contributed by atoms with Gasteiger partial charge in [0.2, 0.25) is 0 Å². The third-order valence-electron chi connectivity index (χ3n) is 12.0. The zero-order chi connectivity index (χ0) is 41.1. The van der Waals surface area contributed by atoms with Gasteiger partial charge in [0.25, 0.3) is 0 Å². The largest absolute Gasteiger partial charge is 0.208 e. The van der Waals surface area contributed by atoms with E-state index in [-0.39, 0.29) is 16.2 Å². The van der Waals surface area contributed by atoms with E-state index in [0.717, 1.165) is 38.9 Å². The monoisotopic (exact) mass is 765 g/mol. The minimum absolute atomic E-state index is 0.00155. The molecule has 1 heterocycles. The summed E-state index contributed by atoms with van der Waals surface area (Å²) in [6, 6.07) is 59.3. The first-order valence-corrected chi connectivity index (χ1v) is 20.8. The summed E-state index contributed by atoms with van der Waals surface area (Å²) in [6.07, 6.45) is 0. The van der Waals surface area contributed by atoms with E-state index in [1.165, 1.54) is 44.5 Å². The Morgan fingerprint density at radius 3 is 1.34 bits per heavy atom. The van der Waals surface area contributed by atoms with Crippen LogP contribution in [0.5, 0.6) is 0 Å². The van der Waals surface area contributed by atoms with E-state index in [1.807, 2.05) is 36.4 Å². The molecular weight excluding hydrogens is 715 g/mol. The van der Waals surface area contributed by atoms with Gasteiger partial charge in [-0.1, -0.05) is 189 Å². The minimum Gasteiger partial charge on any atom is -0.208 e. The highest BCUT2D eigenvalue weighted by molar-refractivity contribution is 5.86. The smallest absolute Gasteiger partial charge is 0.164 e. The van der Waals surface area contributed by atoms with Gasteiger partial charge in [0, 0.05) is 22.1 Å². The molecule has 1 aromatic heterocycles. The predicted molar refractivity (Wildman–Crippen MR) is 247 cm³/mol. The van der Waals surface area contributed by atoms with Gasteiger partial charge >= 0.3 is 0 Å². The van der Waals surface area contributed by atoms with Crippen molar-refractivity contribution < 1.29 is 0 Å². The van der Waals surface area contributed by atoms with Gasteiger partial charge in [-0.25, -0.2) is 15.0 Å². The lowest BCUT2D eigenvalue weighted by Crippen LogP contribution is -2.15. The van der Waals surface area contributed by atoms with Crippen LogP contribution in [-0.2, 0) is 16.2 Å². The van der Waals surface area contributed by atoms with Crippen LogP contribution in [0, 0.1) is 0 Å². The van der Waals surface area contributed by atoms with Crippen molar-refractivity contribution in [3.8, 4) is 78.7 Å². The van der Waals surface area contributed by atoms with Crippen molar-refractivity contribution in [1.82, 2.24) is 15.0 Å². The molecule has 0 amide bonds. The molecule has 3 heteroatoms. The van der Waals surface area contributed by atoms with Crippen molar-refractivity contribution in [2.75, 3.05) is 0 Å². The fourth-order valence-electron chi connectivity index (χ4n) is 8.47. The van der Waals surface area contributed by atoms with Crippen LogP contribution in [0.2, 0.25) is 0 Å². The Hall–Kier alpha value is -6.45. The van der Waals surface area contributed by atoms with Gasteiger partial charge in [0.05, 0.1) is 0 Å². The molecule has 0 bridgehead atoms. The molecule has 0 atom stereocenters. The lowest BCUT2D eigenvalue weighted by Gasteiger charge is -2.24. The Morgan fingerprint density at radius 1 is 0.322 bits per heavy atom. The zero-order valence-electron chi connectivity index (χ0n) is 35.4. The summed E-state index contributed by atoms with van der Waals surface area (Å²) in [5.41, 5.74) is 17.7. The van der Waals surface area contributed by atoms with Crippen LogP contribution in [0.15, 0.2) is 164 Å². The summed E-state index contributed by atoms with van der Waals surface area (Å²) >= 11 is 0. The average Bonchev–Trinajstić information content (AvgIpc) is 3.48. The van der Waals surface area contributed by atoms with E-state index in [0.29, 0.717) is 17.5 Å². The number of aromatic nitrogens is 3. The lowest BCUT2D eigenvalue weighted by atomic mass is 9.80. The van der Waals surface area contributed by atoms with Gasteiger partial charge in [0.15, 0.2) is 17.5 Å². The molecule has 0 fully saturated rings. The third kappa shape index (κ3) is 7.31. The molecule has 0 N–H and O–H groups in total. The van der Waals surface area contributed by atoms with Crippen LogP contribution in [0.1, 0.15) is 77.6 Å². The first-order valence-electron chi connectivity index (χ1n) is 20.8. The molecule has 8 aromatic rings. The van der Waals surface area contributed by atoms with Crippen LogP contribution in [0.4, 0.5) is 0 Å². The second-order valence-electron chi connectivity index (χ2n) is 18.6. The van der Waals surface area contributed by atoms with Crippen molar-refractivity contribution in [3.63, 3.8) is 0 Å². The first kappa shape index (κ1) is 38.1. The molecule has 3 nitrogen and oxygen atoms in total. The summed E-state index contributed by atoms with van der Waals surface area (Å²) in [5.74, 6) is 1.94. The number of rotatable bonds is 6. The van der Waals surface area contributed by atoms with Gasteiger partial charge in [-0.15, -0.1) is 0 Å². The molecule has 59 heavy (non-hydrogen) atoms. The Balaban J connectivity index is 1.26. The molecule has 1 aliphatic carbocycles. The van der Waals surface area contributed by atoms with Gasteiger partial charge < -0.3 is 0 Å². The summed E-state index contributed by atoms with van der Waals surface area (Å²) in [7, 11) is 0. The molecule has 1 aliphatic rings. The number of nitrogens with zero attached hydrogens (tertiary/aromatic N) is 3. The van der Waals surface area contributed by atoms with Gasteiger partial charge in [-0.3, -0.25) is 0 Å². The van der Waals surface area contributed by atoms with E-state index >= 15 is 0 Å². The highest BCUT2D eigenvalue weighted by atomic mass is 15.0. The number of hydrogen-bond acceptors (Lipinski definition) is 3. The Bertz CT molecular complexity index is 2800. The summed E-state index contributed by atoms with van der Waals surface area (Å²) in [5, 5.41) is 0. The topological polar surface area (TPSA) is 38.7 Å². The van der Waals surface area contributed by atoms with Gasteiger partial charge in [-0.2, -0.15) is 0 Å². The molecule has 0 unspecified atom stereocenters. The maximum absolute atomic E-state index is 5.19. The fraction of sp³-hybridized carbons (Fsp3) is 0.196. The van der Waals surface area contributed by atoms with E-state index in [1.54, 1.807) is 0 Å². The standard InChI is InChI=1S/C56H51N3/c1-54(2,3)45-23-17-22-38(32-45)40-28-41(31-44(30-40)53-58-51(36-18-11-9-12-19-36)57-52(59-53)37-20-13-10-14-21-37)43-29-42(33-46(34-43)55(4,5)6)39-26-27-48-47-24-15-16-25-49(47)56(7,8)50(48)35-39/h9-35H,1-8H3. The molecule has 0 saturated heterocycles. The Kier molecular flexibility index (Phi) is 9.31. The Labute approximate surface area is 349 Å². The second-order valence-corrected chi connectivity index (χ2v) is 18.6. The van der Waals surface area contributed by atoms with Crippen LogP contribution in [-0.4, -0.2) is 15.0 Å². The zero-order valence-corrected chi connectivity index (χ0v) is 35.4. The van der Waals surface area contributed by atoms with E-state index < -0.39 is 0 Å². The van der Waals surface area contributed by atoms with E-state index in [2.05, 4.69) is 183 Å². The van der Waals surface area contributed by atoms with Crippen LogP contribution < -0.4 is 0 Å². The highest BCUT2D eigenvalue weighted by Gasteiger charge is 2.35. The Morgan fingerprint density at radius 2 is 0.746 bits per heavy atom. The molecule has 0 spiro atoms.